The number of amides is 1. The highest BCUT2D eigenvalue weighted by molar-refractivity contribution is 6.02. The summed E-state index contributed by atoms with van der Waals surface area (Å²) in [5.41, 5.74) is 0.230. The number of nitrogens with zero attached hydrogens (tertiary/aromatic N) is 1. The molecule has 35 heavy (non-hydrogen) atoms. The third kappa shape index (κ3) is 4.20. The first kappa shape index (κ1) is 28.0. The Bertz CT molecular complexity index is 1140. The van der Waals surface area contributed by atoms with Gasteiger partial charge >= 0.3 is 41.7 Å². The molecule has 2 aromatic rings. The van der Waals surface area contributed by atoms with Gasteiger partial charge < -0.3 is 5.11 Å². The number of hydrogen-bond acceptors (Lipinski definition) is 3. The molecule has 17 heteroatoms. The Morgan fingerprint density at radius 3 is 1.80 bits per heavy atom. The molecule has 0 saturated heterocycles. The lowest BCUT2D eigenvalue weighted by molar-refractivity contribution is -0.436. The minimum atomic E-state index is -8.12. The average molecular weight is 532 g/mol. The highest BCUT2D eigenvalue weighted by Gasteiger charge is 2.91. The summed E-state index contributed by atoms with van der Waals surface area (Å²) in [6.07, 6.45) is -7.20. The molecule has 2 aromatic carbocycles. The number of rotatable bonds is 7. The van der Waals surface area contributed by atoms with Gasteiger partial charge in [0.1, 0.15) is 5.75 Å². The molecule has 1 amide bonds. The number of alkyl halides is 13. The van der Waals surface area contributed by atoms with Gasteiger partial charge in [0.15, 0.2) is 0 Å². The largest absolute Gasteiger partial charge is 0.507 e. The summed E-state index contributed by atoms with van der Waals surface area (Å²) in [6.45, 7) is 0. The van der Waals surface area contributed by atoms with Crippen LogP contribution in [0.5, 0.6) is 5.75 Å². The van der Waals surface area contributed by atoms with Crippen LogP contribution in [0.3, 0.4) is 0 Å². The predicted molar refractivity (Wildman–Crippen MR) is 92.1 cm³/mol. The third-order valence-corrected chi connectivity index (χ3v) is 4.53. The van der Waals surface area contributed by atoms with E-state index in [2.05, 4.69) is 5.10 Å². The van der Waals surface area contributed by atoms with Gasteiger partial charge in [-0.3, -0.25) is 4.79 Å². The molecule has 2 rings (SSSR count). The summed E-state index contributed by atoms with van der Waals surface area (Å²) in [6, 6.07) is 8.11. The lowest BCUT2D eigenvalue weighted by Crippen LogP contribution is -2.71. The van der Waals surface area contributed by atoms with Crippen LogP contribution in [0.2, 0.25) is 0 Å². The first-order valence-electron chi connectivity index (χ1n) is 8.64. The predicted octanol–water partition coefficient (Wildman–Crippen LogP) is 5.73. The summed E-state index contributed by atoms with van der Waals surface area (Å²) >= 11 is 0. The van der Waals surface area contributed by atoms with Crippen LogP contribution in [0.15, 0.2) is 41.5 Å². The number of hydrogen-bond donors (Lipinski definition) is 2. The smallest absolute Gasteiger partial charge is 0.460 e. The van der Waals surface area contributed by atoms with Gasteiger partial charge in [-0.25, -0.2) is 5.43 Å². The Labute approximate surface area is 185 Å². The second-order valence-electron chi connectivity index (χ2n) is 6.79. The van der Waals surface area contributed by atoms with Crippen LogP contribution in [0, 0.1) is 0 Å². The van der Waals surface area contributed by atoms with Crippen molar-refractivity contribution in [1.29, 1.82) is 0 Å². The van der Waals surface area contributed by atoms with Crippen molar-refractivity contribution in [2.24, 2.45) is 5.10 Å². The Kier molecular flexibility index (Phi) is 6.74. The van der Waals surface area contributed by atoms with Crippen LogP contribution in [-0.4, -0.2) is 53.0 Å². The zero-order valence-electron chi connectivity index (χ0n) is 16.3. The van der Waals surface area contributed by atoms with Gasteiger partial charge in [-0.2, -0.15) is 62.2 Å². The second-order valence-corrected chi connectivity index (χ2v) is 6.79. The Morgan fingerprint density at radius 1 is 0.743 bits per heavy atom. The number of benzene rings is 2. The van der Waals surface area contributed by atoms with Gasteiger partial charge in [-0.05, 0) is 16.8 Å². The maximum absolute atomic E-state index is 13.7. The summed E-state index contributed by atoms with van der Waals surface area (Å²) in [5.74, 6) is -43.1. The number of phenolic OH excluding ortho intramolecular Hbond substituents is 1. The monoisotopic (exact) mass is 532 g/mol. The van der Waals surface area contributed by atoms with Crippen LogP contribution in [0.1, 0.15) is 5.56 Å². The third-order valence-electron chi connectivity index (χ3n) is 4.53. The molecule has 0 bridgehead atoms. The van der Waals surface area contributed by atoms with E-state index in [-0.39, 0.29) is 10.9 Å². The second kappa shape index (κ2) is 8.44. The fourth-order valence-corrected chi connectivity index (χ4v) is 2.56. The Hall–Kier alpha value is -3.27. The van der Waals surface area contributed by atoms with Gasteiger partial charge in [0, 0.05) is 5.56 Å². The summed E-state index contributed by atoms with van der Waals surface area (Å²) in [7, 11) is 0. The van der Waals surface area contributed by atoms with Gasteiger partial charge in [-0.15, -0.1) is 0 Å². The lowest BCUT2D eigenvalue weighted by atomic mass is 9.93. The zero-order valence-corrected chi connectivity index (χ0v) is 16.3. The Balaban J connectivity index is 2.39. The molecule has 0 fully saturated rings. The number of halogens is 13. The van der Waals surface area contributed by atoms with E-state index < -0.39 is 47.4 Å². The minimum absolute atomic E-state index is 0.142. The summed E-state index contributed by atoms with van der Waals surface area (Å²) in [5, 5.41) is 13.0. The van der Waals surface area contributed by atoms with Gasteiger partial charge in [-0.1, -0.05) is 30.3 Å². The highest BCUT2D eigenvalue weighted by atomic mass is 19.4. The van der Waals surface area contributed by atoms with Gasteiger partial charge in [0.2, 0.25) is 0 Å². The molecule has 0 atom stereocenters. The molecule has 0 aliphatic heterocycles. The molecule has 4 nitrogen and oxygen atoms in total. The topological polar surface area (TPSA) is 61.7 Å². The molecular weight excluding hydrogens is 523 g/mol. The van der Waals surface area contributed by atoms with Crippen molar-refractivity contribution in [1.82, 2.24) is 5.43 Å². The molecule has 0 radical (unpaired) electrons. The van der Waals surface area contributed by atoms with Crippen molar-refractivity contribution in [3.8, 4) is 5.75 Å². The fraction of sp³-hybridized carbons (Fsp3) is 0.333. The molecule has 0 aromatic heterocycles. The average Bonchev–Trinajstić information content (AvgIpc) is 2.73. The van der Waals surface area contributed by atoms with Gasteiger partial charge in [0.25, 0.3) is 0 Å². The molecule has 0 aliphatic rings. The van der Waals surface area contributed by atoms with E-state index in [1.54, 1.807) is 0 Å². The number of fused-ring (bicyclic) bond motifs is 1. The molecule has 0 unspecified atom stereocenters. The van der Waals surface area contributed by atoms with Crippen molar-refractivity contribution in [3.63, 3.8) is 0 Å². The van der Waals surface area contributed by atoms with Crippen molar-refractivity contribution >= 4 is 22.9 Å². The highest BCUT2D eigenvalue weighted by Crippen LogP contribution is 2.60. The molecule has 0 saturated carbocycles. The SMILES string of the molecule is O=C(N/N=C\c1c(O)ccc2ccccc12)C(F)(F)C(F)(F)C(F)(F)C(F)(F)C(F)(F)C(F)(F)F. The molecular formula is C18H9F13N2O2. The fourth-order valence-electron chi connectivity index (χ4n) is 2.56. The molecule has 0 heterocycles. The first-order chi connectivity index (χ1) is 15.6. The molecule has 194 valence electrons. The van der Waals surface area contributed by atoms with Crippen molar-refractivity contribution in [2.45, 2.75) is 35.8 Å². The minimum Gasteiger partial charge on any atom is -0.507 e. The van der Waals surface area contributed by atoms with Crippen LogP contribution in [0.4, 0.5) is 57.1 Å². The first-order valence-corrected chi connectivity index (χ1v) is 8.64. The number of carbonyl (C=O) groups is 1. The van der Waals surface area contributed by atoms with Crippen molar-refractivity contribution < 1.29 is 67.0 Å². The van der Waals surface area contributed by atoms with E-state index in [1.165, 1.54) is 30.3 Å². The van der Waals surface area contributed by atoms with E-state index >= 15 is 0 Å². The standard InChI is InChI=1S/C18H9F13N2O2/c19-13(20,14(21,22)15(23,24)16(25,26)17(27,28)18(29,30)31)12(35)33-32-7-10-9-4-2-1-3-8(9)5-6-11(10)34/h1-7,34H,(H,33,35)/b32-7-. The molecule has 0 spiro atoms. The van der Waals surface area contributed by atoms with Crippen molar-refractivity contribution in [3.05, 3.63) is 42.0 Å². The van der Waals surface area contributed by atoms with E-state index in [0.29, 0.717) is 17.0 Å². The number of phenols is 1. The maximum Gasteiger partial charge on any atom is 0.460 e. The maximum atomic E-state index is 13.7. The molecule has 0 aliphatic carbocycles. The van der Waals surface area contributed by atoms with Crippen LogP contribution in [0.25, 0.3) is 10.8 Å². The van der Waals surface area contributed by atoms with E-state index in [0.717, 1.165) is 6.07 Å². The van der Waals surface area contributed by atoms with Crippen molar-refractivity contribution in [2.75, 3.05) is 0 Å². The number of nitrogens with one attached hydrogen (secondary N) is 1. The molecule has 2 N–H and O–H groups in total. The van der Waals surface area contributed by atoms with E-state index in [1.807, 2.05) is 0 Å². The van der Waals surface area contributed by atoms with Crippen LogP contribution >= 0.6 is 0 Å². The lowest BCUT2D eigenvalue weighted by Gasteiger charge is -2.38. The Morgan fingerprint density at radius 2 is 1.26 bits per heavy atom. The van der Waals surface area contributed by atoms with Gasteiger partial charge in [0.05, 0.1) is 6.21 Å². The number of carbonyl (C=O) groups excluding carboxylic acids is 1. The van der Waals surface area contributed by atoms with Crippen LogP contribution in [-0.2, 0) is 4.79 Å². The number of hydrazone groups is 1. The zero-order chi connectivity index (χ0) is 27.3. The van der Waals surface area contributed by atoms with Crippen LogP contribution < -0.4 is 5.43 Å². The summed E-state index contributed by atoms with van der Waals surface area (Å²) < 4.78 is 170. The quantitative estimate of drug-likeness (QED) is 0.272. The van der Waals surface area contributed by atoms with E-state index in [4.69, 9.17) is 0 Å². The summed E-state index contributed by atoms with van der Waals surface area (Å²) in [4.78, 5) is 11.4. The van der Waals surface area contributed by atoms with E-state index in [9.17, 15) is 67.0 Å². The number of aromatic hydroxyl groups is 1. The normalized spacial score (nSPS) is 14.5.